The summed E-state index contributed by atoms with van der Waals surface area (Å²) in [5.74, 6) is -0.871. The zero-order valence-electron chi connectivity index (χ0n) is 14.7. The number of benzene rings is 2. The standard InChI is InChI=1S/C20H17ClFN3O2S/c21-17-4-2-1-3-14(17)11-23-18(26)10-9-16-12-28-20(24-16)25-19(27)13-5-7-15(22)8-6-13/h1-8,12H,9-11H2,(H,23,26)(H,24,25,27). The van der Waals surface area contributed by atoms with E-state index in [1.54, 1.807) is 11.4 Å². The predicted molar refractivity (Wildman–Crippen MR) is 108 cm³/mol. The molecule has 0 aliphatic carbocycles. The Hall–Kier alpha value is -2.77. The maximum atomic E-state index is 12.9. The van der Waals surface area contributed by atoms with E-state index >= 15 is 0 Å². The van der Waals surface area contributed by atoms with Gasteiger partial charge in [-0.3, -0.25) is 14.9 Å². The van der Waals surface area contributed by atoms with Crippen LogP contribution >= 0.6 is 22.9 Å². The number of hydrogen-bond acceptors (Lipinski definition) is 4. The van der Waals surface area contributed by atoms with E-state index in [2.05, 4.69) is 15.6 Å². The van der Waals surface area contributed by atoms with Gasteiger partial charge in [-0.25, -0.2) is 9.37 Å². The first kappa shape index (κ1) is 20.0. The largest absolute Gasteiger partial charge is 0.352 e. The number of anilines is 1. The number of nitrogens with zero attached hydrogens (tertiary/aromatic N) is 1. The smallest absolute Gasteiger partial charge is 0.257 e. The van der Waals surface area contributed by atoms with Gasteiger partial charge in [-0.1, -0.05) is 29.8 Å². The van der Waals surface area contributed by atoms with Gasteiger partial charge in [0.25, 0.3) is 5.91 Å². The lowest BCUT2D eigenvalue weighted by atomic mass is 10.2. The number of aromatic nitrogens is 1. The van der Waals surface area contributed by atoms with E-state index in [0.717, 1.165) is 5.56 Å². The molecule has 1 heterocycles. The Balaban J connectivity index is 1.46. The van der Waals surface area contributed by atoms with Gasteiger partial charge in [0, 0.05) is 28.9 Å². The number of nitrogens with one attached hydrogen (secondary N) is 2. The van der Waals surface area contributed by atoms with Gasteiger partial charge in [0.05, 0.1) is 5.69 Å². The fourth-order valence-corrected chi connectivity index (χ4v) is 3.36. The van der Waals surface area contributed by atoms with E-state index in [0.29, 0.717) is 34.4 Å². The van der Waals surface area contributed by atoms with E-state index in [1.165, 1.54) is 35.6 Å². The predicted octanol–water partition coefficient (Wildman–Crippen LogP) is 4.44. The summed E-state index contributed by atoms with van der Waals surface area (Å²) in [6.07, 6.45) is 0.733. The van der Waals surface area contributed by atoms with Crippen molar-refractivity contribution in [3.8, 4) is 0 Å². The van der Waals surface area contributed by atoms with Crippen LogP contribution in [0.5, 0.6) is 0 Å². The Morgan fingerprint density at radius 3 is 2.61 bits per heavy atom. The van der Waals surface area contributed by atoms with Crippen molar-refractivity contribution in [1.29, 1.82) is 0 Å². The first-order chi connectivity index (χ1) is 13.5. The number of carbonyl (C=O) groups excluding carboxylic acids is 2. The fourth-order valence-electron chi connectivity index (χ4n) is 2.42. The van der Waals surface area contributed by atoms with Crippen LogP contribution in [0.2, 0.25) is 5.02 Å². The molecule has 3 rings (SSSR count). The van der Waals surface area contributed by atoms with Crippen LogP contribution in [0.1, 0.15) is 28.0 Å². The summed E-state index contributed by atoms with van der Waals surface area (Å²) in [7, 11) is 0. The molecule has 2 aromatic carbocycles. The van der Waals surface area contributed by atoms with Gasteiger partial charge >= 0.3 is 0 Å². The van der Waals surface area contributed by atoms with Crippen LogP contribution in [0, 0.1) is 5.82 Å². The number of halogens is 2. The average Bonchev–Trinajstić information content (AvgIpc) is 3.13. The number of thiazole rings is 1. The molecule has 0 saturated carbocycles. The van der Waals surface area contributed by atoms with Crippen molar-refractivity contribution in [2.24, 2.45) is 0 Å². The topological polar surface area (TPSA) is 71.1 Å². The zero-order valence-corrected chi connectivity index (χ0v) is 16.3. The molecule has 0 atom stereocenters. The van der Waals surface area contributed by atoms with Crippen LogP contribution in [0.4, 0.5) is 9.52 Å². The Labute approximate surface area is 170 Å². The molecule has 8 heteroatoms. The van der Waals surface area contributed by atoms with Crippen molar-refractivity contribution in [3.05, 3.63) is 81.6 Å². The Morgan fingerprint density at radius 2 is 1.86 bits per heavy atom. The van der Waals surface area contributed by atoms with Crippen LogP contribution in [0.3, 0.4) is 0 Å². The van der Waals surface area contributed by atoms with Gasteiger partial charge < -0.3 is 5.32 Å². The quantitative estimate of drug-likeness (QED) is 0.597. The molecule has 0 spiro atoms. The van der Waals surface area contributed by atoms with Crippen LogP contribution in [-0.2, 0) is 17.8 Å². The molecule has 5 nitrogen and oxygen atoms in total. The highest BCUT2D eigenvalue weighted by Crippen LogP contribution is 2.18. The van der Waals surface area contributed by atoms with Crippen LogP contribution < -0.4 is 10.6 Å². The van der Waals surface area contributed by atoms with Crippen molar-refractivity contribution in [1.82, 2.24) is 10.3 Å². The van der Waals surface area contributed by atoms with Crippen molar-refractivity contribution in [2.75, 3.05) is 5.32 Å². The first-order valence-corrected chi connectivity index (χ1v) is 9.78. The monoisotopic (exact) mass is 417 g/mol. The minimum absolute atomic E-state index is 0.107. The molecule has 3 aromatic rings. The molecule has 2 amide bonds. The summed E-state index contributed by atoms with van der Waals surface area (Å²) in [6, 6.07) is 12.6. The van der Waals surface area contributed by atoms with E-state index in [-0.39, 0.29) is 18.2 Å². The van der Waals surface area contributed by atoms with Crippen molar-refractivity contribution >= 4 is 39.9 Å². The molecular weight excluding hydrogens is 401 g/mol. The number of amides is 2. The molecule has 0 bridgehead atoms. The van der Waals surface area contributed by atoms with E-state index in [9.17, 15) is 14.0 Å². The molecular formula is C20H17ClFN3O2S. The second kappa shape index (κ2) is 9.43. The summed E-state index contributed by atoms with van der Waals surface area (Å²) in [5, 5.41) is 8.34. The maximum Gasteiger partial charge on any atom is 0.257 e. The molecule has 0 aliphatic heterocycles. The third-order valence-electron chi connectivity index (χ3n) is 3.92. The second-order valence-corrected chi connectivity index (χ2v) is 7.24. The minimum Gasteiger partial charge on any atom is -0.352 e. The highest BCUT2D eigenvalue weighted by atomic mass is 35.5. The van der Waals surface area contributed by atoms with Gasteiger partial charge in [-0.15, -0.1) is 11.3 Å². The summed E-state index contributed by atoms with van der Waals surface area (Å²) in [5.41, 5.74) is 1.92. The van der Waals surface area contributed by atoms with Crippen molar-refractivity contribution in [2.45, 2.75) is 19.4 Å². The molecule has 0 saturated heterocycles. The number of rotatable bonds is 7. The van der Waals surface area contributed by atoms with E-state index < -0.39 is 5.82 Å². The first-order valence-electron chi connectivity index (χ1n) is 8.52. The van der Waals surface area contributed by atoms with Gasteiger partial charge in [0.2, 0.25) is 5.91 Å². The lowest BCUT2D eigenvalue weighted by Gasteiger charge is -2.06. The highest BCUT2D eigenvalue weighted by Gasteiger charge is 2.10. The van der Waals surface area contributed by atoms with Gasteiger partial charge in [0.1, 0.15) is 5.82 Å². The molecule has 2 N–H and O–H groups in total. The van der Waals surface area contributed by atoms with Crippen LogP contribution in [-0.4, -0.2) is 16.8 Å². The van der Waals surface area contributed by atoms with Gasteiger partial charge in [-0.05, 0) is 42.3 Å². The average molecular weight is 418 g/mol. The minimum atomic E-state index is -0.402. The molecule has 144 valence electrons. The summed E-state index contributed by atoms with van der Waals surface area (Å²) in [6.45, 7) is 0.370. The summed E-state index contributed by atoms with van der Waals surface area (Å²) in [4.78, 5) is 28.4. The molecule has 28 heavy (non-hydrogen) atoms. The molecule has 0 aliphatic rings. The fraction of sp³-hybridized carbons (Fsp3) is 0.150. The molecule has 0 unspecified atom stereocenters. The second-order valence-electron chi connectivity index (χ2n) is 5.97. The maximum absolute atomic E-state index is 12.9. The molecule has 0 radical (unpaired) electrons. The van der Waals surface area contributed by atoms with Crippen molar-refractivity contribution in [3.63, 3.8) is 0 Å². The third kappa shape index (κ3) is 5.61. The summed E-state index contributed by atoms with van der Waals surface area (Å²) >= 11 is 7.34. The molecule has 0 fully saturated rings. The van der Waals surface area contributed by atoms with E-state index in [1.807, 2.05) is 18.2 Å². The van der Waals surface area contributed by atoms with Gasteiger partial charge in [-0.2, -0.15) is 0 Å². The summed E-state index contributed by atoms with van der Waals surface area (Å²) < 4.78 is 12.9. The lowest BCUT2D eigenvalue weighted by molar-refractivity contribution is -0.121. The SMILES string of the molecule is O=C(CCc1csc(NC(=O)c2ccc(F)cc2)n1)NCc1ccccc1Cl. The number of aryl methyl sites for hydroxylation is 1. The van der Waals surface area contributed by atoms with E-state index in [4.69, 9.17) is 11.6 Å². The Morgan fingerprint density at radius 1 is 1.11 bits per heavy atom. The number of hydrogen-bond donors (Lipinski definition) is 2. The van der Waals surface area contributed by atoms with Crippen LogP contribution in [0.25, 0.3) is 0 Å². The Kier molecular flexibility index (Phi) is 6.73. The lowest BCUT2D eigenvalue weighted by Crippen LogP contribution is -2.23. The number of carbonyl (C=O) groups is 2. The highest BCUT2D eigenvalue weighted by molar-refractivity contribution is 7.14. The van der Waals surface area contributed by atoms with Gasteiger partial charge in [0.15, 0.2) is 5.13 Å². The third-order valence-corrected chi connectivity index (χ3v) is 5.10. The normalized spacial score (nSPS) is 10.5. The van der Waals surface area contributed by atoms with Crippen molar-refractivity contribution < 1.29 is 14.0 Å². The molecule has 1 aromatic heterocycles. The zero-order chi connectivity index (χ0) is 19.9. The Bertz CT molecular complexity index is 976. The van der Waals surface area contributed by atoms with Crippen LogP contribution in [0.15, 0.2) is 53.9 Å².